The second-order valence-electron chi connectivity index (χ2n) is 4.59. The Morgan fingerprint density at radius 3 is 2.81 bits per heavy atom. The van der Waals surface area contributed by atoms with Crippen molar-refractivity contribution in [3.63, 3.8) is 0 Å². The molecule has 3 rings (SSSR count). The van der Waals surface area contributed by atoms with Crippen molar-refractivity contribution in [1.82, 2.24) is 0 Å². The van der Waals surface area contributed by atoms with Crippen molar-refractivity contribution in [2.75, 3.05) is 12.3 Å². The summed E-state index contributed by atoms with van der Waals surface area (Å²) in [7, 11) is 0. The maximum absolute atomic E-state index is 12.1. The van der Waals surface area contributed by atoms with E-state index in [-0.39, 0.29) is 6.61 Å². The number of ether oxygens (including phenoxy) is 1. The first-order chi connectivity index (χ1) is 10.1. The monoisotopic (exact) mass is 299 g/mol. The summed E-state index contributed by atoms with van der Waals surface area (Å²) in [6, 6.07) is 10.7. The van der Waals surface area contributed by atoms with E-state index in [1.54, 1.807) is 19.1 Å². The van der Waals surface area contributed by atoms with E-state index in [4.69, 9.17) is 27.1 Å². The highest BCUT2D eigenvalue weighted by Crippen LogP contribution is 2.30. The van der Waals surface area contributed by atoms with E-state index in [0.29, 0.717) is 32.3 Å². The second-order valence-corrected chi connectivity index (χ2v) is 5.00. The Kier molecular flexibility index (Phi) is 3.35. The topological polar surface area (TPSA) is 65.5 Å². The molecule has 0 aliphatic carbocycles. The summed E-state index contributed by atoms with van der Waals surface area (Å²) in [6.45, 7) is 2.04. The van der Waals surface area contributed by atoms with Gasteiger partial charge in [0.25, 0.3) is 0 Å². The number of nitrogen functional groups attached to an aromatic ring is 1. The molecule has 0 unspecified atom stereocenters. The maximum Gasteiger partial charge on any atom is 0.338 e. The summed E-state index contributed by atoms with van der Waals surface area (Å²) in [5, 5.41) is 1.35. The molecule has 4 nitrogen and oxygen atoms in total. The van der Waals surface area contributed by atoms with Crippen molar-refractivity contribution in [3.8, 4) is 0 Å². The molecule has 1 aromatic heterocycles. The van der Waals surface area contributed by atoms with Crippen LogP contribution in [0.1, 0.15) is 17.3 Å². The zero-order valence-corrected chi connectivity index (χ0v) is 12.2. The van der Waals surface area contributed by atoms with Gasteiger partial charge in [0.15, 0.2) is 0 Å². The maximum atomic E-state index is 12.1. The van der Waals surface area contributed by atoms with Gasteiger partial charge in [0, 0.05) is 17.1 Å². The van der Waals surface area contributed by atoms with Crippen LogP contribution in [0.2, 0.25) is 0 Å². The number of anilines is 1. The van der Waals surface area contributed by atoms with Gasteiger partial charge < -0.3 is 14.9 Å². The first-order valence-electron chi connectivity index (χ1n) is 6.54. The number of esters is 1. The third kappa shape index (κ3) is 2.25. The number of carbonyl (C=O) groups is 1. The molecule has 0 fully saturated rings. The Hall–Kier alpha value is -2.40. The summed E-state index contributed by atoms with van der Waals surface area (Å²) >= 11 is 5.52. The average Bonchev–Trinajstić information content (AvgIpc) is 2.46. The number of hydrogen-bond acceptors (Lipinski definition) is 5. The smallest absolute Gasteiger partial charge is 0.338 e. The van der Waals surface area contributed by atoms with Crippen molar-refractivity contribution in [2.45, 2.75) is 6.92 Å². The van der Waals surface area contributed by atoms with E-state index in [1.165, 1.54) is 0 Å². The van der Waals surface area contributed by atoms with Crippen LogP contribution in [0.4, 0.5) is 5.69 Å². The lowest BCUT2D eigenvalue weighted by Crippen LogP contribution is -2.06. The second kappa shape index (κ2) is 5.18. The zero-order valence-electron chi connectivity index (χ0n) is 11.4. The molecule has 21 heavy (non-hydrogen) atoms. The highest BCUT2D eigenvalue weighted by molar-refractivity contribution is 7.72. The normalized spacial score (nSPS) is 10.9. The van der Waals surface area contributed by atoms with Crippen LogP contribution in [0.15, 0.2) is 40.8 Å². The molecule has 0 atom stereocenters. The van der Waals surface area contributed by atoms with Gasteiger partial charge in [-0.1, -0.05) is 24.4 Å². The van der Waals surface area contributed by atoms with Gasteiger partial charge in [0.2, 0.25) is 0 Å². The Labute approximate surface area is 126 Å². The van der Waals surface area contributed by atoms with E-state index in [0.717, 1.165) is 5.39 Å². The third-order valence-corrected chi connectivity index (χ3v) is 3.62. The molecule has 0 bridgehead atoms. The van der Waals surface area contributed by atoms with Gasteiger partial charge >= 0.3 is 5.97 Å². The largest absolute Gasteiger partial charge is 0.462 e. The predicted octanol–water partition coefficient (Wildman–Crippen LogP) is 4.07. The minimum atomic E-state index is -0.452. The molecule has 0 aliphatic heterocycles. The minimum Gasteiger partial charge on any atom is -0.462 e. The van der Waals surface area contributed by atoms with Crippen LogP contribution in [0, 0.1) is 4.51 Å². The highest BCUT2D eigenvalue weighted by atomic mass is 32.1. The molecular weight excluding hydrogens is 286 g/mol. The molecule has 0 radical (unpaired) electrons. The molecule has 5 heteroatoms. The Balaban J connectivity index is 2.45. The van der Waals surface area contributed by atoms with Crippen molar-refractivity contribution in [1.29, 1.82) is 0 Å². The summed E-state index contributed by atoms with van der Waals surface area (Å²) < 4.78 is 11.5. The van der Waals surface area contributed by atoms with Crippen molar-refractivity contribution in [3.05, 3.63) is 46.5 Å². The number of benzene rings is 2. The lowest BCUT2D eigenvalue weighted by molar-refractivity contribution is 0.0528. The fourth-order valence-corrected chi connectivity index (χ4v) is 2.70. The lowest BCUT2D eigenvalue weighted by Gasteiger charge is -2.09. The average molecular weight is 299 g/mol. The van der Waals surface area contributed by atoms with Crippen LogP contribution in [0.25, 0.3) is 21.9 Å². The summed E-state index contributed by atoms with van der Waals surface area (Å²) in [5.74, 6) is -0.452. The fourth-order valence-electron chi connectivity index (χ4n) is 2.32. The quantitative estimate of drug-likeness (QED) is 0.334. The third-order valence-electron chi connectivity index (χ3n) is 3.20. The number of hydrogen-bond donors (Lipinski definition) is 1. The van der Waals surface area contributed by atoms with Crippen molar-refractivity contribution >= 4 is 45.8 Å². The SMILES string of the molecule is CCOC(=O)c1cc(N)cc2oc3ccccc3c(=S)c12. The Bertz CT molecular complexity index is 914. The zero-order chi connectivity index (χ0) is 15.0. The number of fused-ring (bicyclic) bond motifs is 2. The van der Waals surface area contributed by atoms with E-state index in [9.17, 15) is 4.79 Å². The van der Waals surface area contributed by atoms with Crippen LogP contribution in [-0.2, 0) is 4.74 Å². The molecular formula is C16H13NO3S. The number of nitrogens with two attached hydrogens (primary N) is 1. The highest BCUT2D eigenvalue weighted by Gasteiger charge is 2.16. The molecule has 0 amide bonds. The molecule has 0 saturated heterocycles. The molecule has 2 aromatic carbocycles. The van der Waals surface area contributed by atoms with E-state index in [1.807, 2.05) is 24.3 Å². The number of rotatable bonds is 2. The summed E-state index contributed by atoms with van der Waals surface area (Å²) in [4.78, 5) is 12.1. The molecule has 0 aliphatic rings. The number of carbonyl (C=O) groups excluding carboxylic acids is 1. The van der Waals surface area contributed by atoms with Gasteiger partial charge in [0.05, 0.1) is 22.1 Å². The van der Waals surface area contributed by atoms with Crippen LogP contribution in [0.3, 0.4) is 0 Å². The first kappa shape index (κ1) is 13.6. The van der Waals surface area contributed by atoms with Crippen LogP contribution < -0.4 is 5.73 Å². The van der Waals surface area contributed by atoms with Crippen LogP contribution >= 0.6 is 12.2 Å². The van der Waals surface area contributed by atoms with E-state index < -0.39 is 5.97 Å². The van der Waals surface area contributed by atoms with Crippen LogP contribution in [-0.4, -0.2) is 12.6 Å². The molecule has 2 N–H and O–H groups in total. The summed E-state index contributed by atoms with van der Waals surface area (Å²) in [6.07, 6.45) is 0. The summed E-state index contributed by atoms with van der Waals surface area (Å²) in [5.41, 5.74) is 7.77. The lowest BCUT2D eigenvalue weighted by atomic mass is 10.1. The molecule has 1 heterocycles. The van der Waals surface area contributed by atoms with Gasteiger partial charge in [-0.05, 0) is 25.1 Å². The van der Waals surface area contributed by atoms with Gasteiger partial charge in [0.1, 0.15) is 11.2 Å². The predicted molar refractivity (Wildman–Crippen MR) is 84.9 cm³/mol. The van der Waals surface area contributed by atoms with E-state index in [2.05, 4.69) is 0 Å². The number of para-hydroxylation sites is 1. The van der Waals surface area contributed by atoms with Gasteiger partial charge in [-0.2, -0.15) is 0 Å². The van der Waals surface area contributed by atoms with Gasteiger partial charge in [-0.3, -0.25) is 0 Å². The standard InChI is InChI=1S/C16H13NO3S/c1-2-19-16(18)11-7-9(17)8-13-14(11)15(21)10-5-3-4-6-12(10)20-13/h3-8H,2,17H2,1H3. The van der Waals surface area contributed by atoms with Crippen LogP contribution in [0.5, 0.6) is 0 Å². The first-order valence-corrected chi connectivity index (χ1v) is 6.95. The van der Waals surface area contributed by atoms with Crippen molar-refractivity contribution < 1.29 is 13.9 Å². The Morgan fingerprint density at radius 1 is 1.29 bits per heavy atom. The Morgan fingerprint density at radius 2 is 2.05 bits per heavy atom. The fraction of sp³-hybridized carbons (Fsp3) is 0.125. The molecule has 3 aromatic rings. The van der Waals surface area contributed by atoms with Gasteiger partial charge in [-0.15, -0.1) is 0 Å². The molecule has 0 saturated carbocycles. The molecule has 0 spiro atoms. The minimum absolute atomic E-state index is 0.284. The van der Waals surface area contributed by atoms with Crippen molar-refractivity contribution in [2.24, 2.45) is 0 Å². The molecule has 106 valence electrons. The van der Waals surface area contributed by atoms with Gasteiger partial charge in [-0.25, -0.2) is 4.79 Å². The van der Waals surface area contributed by atoms with E-state index >= 15 is 0 Å².